The number of nitrogens with two attached hydrogens (primary N) is 2. The van der Waals surface area contributed by atoms with Gasteiger partial charge in [0, 0.05) is 34.1 Å². The molecule has 0 spiro atoms. The summed E-state index contributed by atoms with van der Waals surface area (Å²) in [5.74, 6) is -2.25. The van der Waals surface area contributed by atoms with E-state index in [1.165, 1.54) is 28.4 Å². The van der Waals surface area contributed by atoms with Crippen LogP contribution in [0.4, 0.5) is 10.1 Å². The van der Waals surface area contributed by atoms with Gasteiger partial charge >= 0.3 is 0 Å². The van der Waals surface area contributed by atoms with Gasteiger partial charge in [0.2, 0.25) is 5.91 Å². The molecule has 3 amide bonds. The highest BCUT2D eigenvalue weighted by Crippen LogP contribution is 2.34. The van der Waals surface area contributed by atoms with Crippen molar-refractivity contribution in [3.05, 3.63) is 105 Å². The number of thiophene rings is 1. The number of nitrogens with zero attached hydrogens (tertiary/aromatic N) is 2. The number of halogens is 1. The first-order valence-corrected chi connectivity index (χ1v) is 13.4. The van der Waals surface area contributed by atoms with Crippen molar-refractivity contribution in [3.8, 4) is 0 Å². The van der Waals surface area contributed by atoms with E-state index in [-0.39, 0.29) is 35.2 Å². The summed E-state index contributed by atoms with van der Waals surface area (Å²) in [7, 11) is 0. The van der Waals surface area contributed by atoms with Crippen LogP contribution < -0.4 is 16.8 Å². The number of rotatable bonds is 9. The molecule has 198 valence electrons. The molecule has 3 heterocycles. The van der Waals surface area contributed by atoms with Crippen LogP contribution in [-0.4, -0.2) is 32.0 Å². The van der Waals surface area contributed by atoms with Crippen LogP contribution in [0.3, 0.4) is 0 Å². The zero-order valence-electron chi connectivity index (χ0n) is 20.4. The average molecular weight is 563 g/mol. The monoisotopic (exact) mass is 562 g/mol. The van der Waals surface area contributed by atoms with Crippen LogP contribution in [0, 0.1) is 5.82 Å². The zero-order valence-corrected chi connectivity index (χ0v) is 22.0. The van der Waals surface area contributed by atoms with E-state index < -0.39 is 23.8 Å². The number of para-hydroxylation sites is 1. The second-order valence-electron chi connectivity index (χ2n) is 8.69. The summed E-state index contributed by atoms with van der Waals surface area (Å²) in [6.07, 6.45) is 1.70. The van der Waals surface area contributed by atoms with Gasteiger partial charge in [0.05, 0.1) is 12.2 Å². The predicted molar refractivity (Wildman–Crippen MR) is 149 cm³/mol. The minimum absolute atomic E-state index is 0.0107. The topological polar surface area (TPSA) is 147 Å². The van der Waals surface area contributed by atoms with Gasteiger partial charge in [-0.05, 0) is 46.7 Å². The highest BCUT2D eigenvalue weighted by Gasteiger charge is 2.36. The average Bonchev–Trinajstić information content (AvgIpc) is 3.68. The number of fused-ring (bicyclic) bond motifs is 1. The molecule has 39 heavy (non-hydrogen) atoms. The Morgan fingerprint density at radius 1 is 1.08 bits per heavy atom. The quantitative estimate of drug-likeness (QED) is 0.213. The molecule has 0 radical (unpaired) electrons. The Bertz CT molecular complexity index is 1650. The van der Waals surface area contributed by atoms with Crippen LogP contribution in [0.1, 0.15) is 42.2 Å². The number of hydrogen-bond acceptors (Lipinski definition) is 7. The van der Waals surface area contributed by atoms with Crippen molar-refractivity contribution < 1.29 is 18.8 Å². The van der Waals surface area contributed by atoms with Crippen molar-refractivity contribution in [1.82, 2.24) is 19.6 Å². The number of amides is 3. The minimum atomic E-state index is -1.09. The molecule has 12 heteroatoms. The molecule has 9 nitrogen and oxygen atoms in total. The molecule has 0 unspecified atom stereocenters. The lowest BCUT2D eigenvalue weighted by Gasteiger charge is -2.30. The Morgan fingerprint density at radius 2 is 1.85 bits per heavy atom. The van der Waals surface area contributed by atoms with Crippen LogP contribution in [0.2, 0.25) is 0 Å². The molecule has 0 aliphatic carbocycles. The number of primary amides is 1. The van der Waals surface area contributed by atoms with Crippen molar-refractivity contribution in [3.63, 3.8) is 0 Å². The summed E-state index contributed by atoms with van der Waals surface area (Å²) in [4.78, 5) is 45.2. The molecular formula is C27H23FN6O3S2. The third-order valence-electron chi connectivity index (χ3n) is 6.18. The summed E-state index contributed by atoms with van der Waals surface area (Å²) in [5.41, 5.74) is 13.2. The second kappa shape index (κ2) is 11.1. The van der Waals surface area contributed by atoms with Crippen molar-refractivity contribution in [2.24, 2.45) is 5.73 Å². The molecule has 5 rings (SSSR count). The number of nitrogens with one attached hydrogen (secondary N) is 2. The van der Waals surface area contributed by atoms with E-state index in [9.17, 15) is 18.8 Å². The maximum absolute atomic E-state index is 14.1. The lowest BCUT2D eigenvalue weighted by atomic mass is 10.0. The molecule has 0 aliphatic heterocycles. The standard InChI is InChI=1S/C27H23FN6O3S2/c28-16-9-7-15(8-10-16)12-32-26(36)23(19-13-31-20-6-2-1-5-18(19)20)34(14-17-4-3-11-38-17)27(37)24-21(29)22(25(30)35)33-39-24/h1-11,13,23,31H,12,14,29H2,(H2,30,35)(H,32,36)/t23-/m1/s1. The van der Waals surface area contributed by atoms with Crippen LogP contribution >= 0.6 is 22.9 Å². The highest BCUT2D eigenvalue weighted by molar-refractivity contribution is 7.10. The normalized spacial score (nSPS) is 11.8. The highest BCUT2D eigenvalue weighted by atomic mass is 32.1. The summed E-state index contributed by atoms with van der Waals surface area (Å²) < 4.78 is 17.4. The largest absolute Gasteiger partial charge is 0.395 e. The third-order valence-corrected chi connectivity index (χ3v) is 7.89. The van der Waals surface area contributed by atoms with Gasteiger partial charge in [-0.15, -0.1) is 11.3 Å². The Morgan fingerprint density at radius 3 is 2.54 bits per heavy atom. The van der Waals surface area contributed by atoms with Crippen LogP contribution in [0.15, 0.2) is 72.2 Å². The number of hydrogen-bond donors (Lipinski definition) is 4. The molecule has 6 N–H and O–H groups in total. The number of anilines is 1. The first-order valence-electron chi connectivity index (χ1n) is 11.8. The first-order chi connectivity index (χ1) is 18.8. The number of carbonyl (C=O) groups excluding carboxylic acids is 3. The van der Waals surface area contributed by atoms with Gasteiger partial charge in [0.1, 0.15) is 16.7 Å². The maximum Gasteiger partial charge on any atom is 0.270 e. The van der Waals surface area contributed by atoms with Gasteiger partial charge in [0.15, 0.2) is 5.69 Å². The molecule has 0 fully saturated rings. The van der Waals surface area contributed by atoms with Crippen LogP contribution in [0.25, 0.3) is 10.9 Å². The molecule has 0 bridgehead atoms. The summed E-state index contributed by atoms with van der Waals surface area (Å²) >= 11 is 2.19. The molecule has 2 aromatic carbocycles. The predicted octanol–water partition coefficient (Wildman–Crippen LogP) is 4.21. The third kappa shape index (κ3) is 5.38. The van der Waals surface area contributed by atoms with E-state index in [0.717, 1.165) is 27.3 Å². The SMILES string of the molecule is NC(=O)c1nsc(C(=O)N(Cc2cccs2)[C@@H](C(=O)NCc2ccc(F)cc2)c2c[nH]c3ccccc23)c1N. The molecule has 1 atom stereocenters. The van der Waals surface area contributed by atoms with E-state index in [1.807, 2.05) is 41.8 Å². The first kappa shape index (κ1) is 26.1. The van der Waals surface area contributed by atoms with E-state index in [2.05, 4.69) is 14.7 Å². The number of nitrogen functional groups attached to an aromatic ring is 1. The second-order valence-corrected chi connectivity index (χ2v) is 10.5. The van der Waals surface area contributed by atoms with Gasteiger partial charge < -0.3 is 26.7 Å². The fourth-order valence-corrected chi connectivity index (χ4v) is 5.73. The summed E-state index contributed by atoms with van der Waals surface area (Å²) in [5, 5.41) is 5.53. The Kier molecular flexibility index (Phi) is 7.39. The zero-order chi connectivity index (χ0) is 27.5. The van der Waals surface area contributed by atoms with Crippen LogP contribution in [-0.2, 0) is 17.9 Å². The minimum Gasteiger partial charge on any atom is -0.395 e. The molecule has 0 aliphatic rings. The van der Waals surface area contributed by atoms with Gasteiger partial charge in [-0.1, -0.05) is 36.4 Å². The van der Waals surface area contributed by atoms with E-state index >= 15 is 0 Å². The van der Waals surface area contributed by atoms with Gasteiger partial charge in [-0.25, -0.2) is 4.39 Å². The number of aromatic amines is 1. The summed E-state index contributed by atoms with van der Waals surface area (Å²) in [6.45, 7) is 0.210. The number of benzene rings is 2. The Balaban J connectivity index is 1.59. The Hall–Kier alpha value is -4.55. The maximum atomic E-state index is 14.1. The van der Waals surface area contributed by atoms with Gasteiger partial charge in [0.25, 0.3) is 11.8 Å². The molecule has 0 saturated carbocycles. The van der Waals surface area contributed by atoms with Crippen molar-refractivity contribution >= 4 is 57.2 Å². The van der Waals surface area contributed by atoms with Crippen molar-refractivity contribution in [2.75, 3.05) is 5.73 Å². The van der Waals surface area contributed by atoms with E-state index in [1.54, 1.807) is 18.3 Å². The smallest absolute Gasteiger partial charge is 0.270 e. The van der Waals surface area contributed by atoms with Gasteiger partial charge in [-0.2, -0.15) is 4.37 Å². The Labute approximate surface area is 230 Å². The molecular weight excluding hydrogens is 539 g/mol. The van der Waals surface area contributed by atoms with Crippen molar-refractivity contribution in [2.45, 2.75) is 19.1 Å². The van der Waals surface area contributed by atoms with E-state index in [4.69, 9.17) is 11.5 Å². The van der Waals surface area contributed by atoms with Gasteiger partial charge in [-0.3, -0.25) is 14.4 Å². The lowest BCUT2D eigenvalue weighted by Crippen LogP contribution is -2.43. The molecule has 3 aromatic heterocycles. The van der Waals surface area contributed by atoms with Crippen LogP contribution in [0.5, 0.6) is 0 Å². The fraction of sp³-hybridized carbons (Fsp3) is 0.111. The summed E-state index contributed by atoms with van der Waals surface area (Å²) in [6, 6.07) is 15.9. The lowest BCUT2D eigenvalue weighted by molar-refractivity contribution is -0.126. The number of carbonyl (C=O) groups is 3. The van der Waals surface area contributed by atoms with Crippen molar-refractivity contribution in [1.29, 1.82) is 0 Å². The number of H-pyrrole nitrogens is 1. The number of aromatic nitrogens is 2. The fourth-order valence-electron chi connectivity index (χ4n) is 4.27. The van der Waals surface area contributed by atoms with E-state index in [0.29, 0.717) is 11.1 Å². The molecule has 5 aromatic rings. The molecule has 0 saturated heterocycles.